The minimum absolute atomic E-state index is 0.239. The van der Waals surface area contributed by atoms with Gasteiger partial charge >= 0.3 is 0 Å². The van der Waals surface area contributed by atoms with E-state index in [0.717, 1.165) is 92.7 Å². The lowest BCUT2D eigenvalue weighted by molar-refractivity contribution is 0.625. The number of anilines is 3. The zero-order valence-electron chi connectivity index (χ0n) is 37.8. The van der Waals surface area contributed by atoms with E-state index in [-0.39, 0.29) is 11.2 Å². The second-order valence-electron chi connectivity index (χ2n) is 19.1. The van der Waals surface area contributed by atoms with Crippen molar-refractivity contribution in [2.24, 2.45) is 0 Å². The van der Waals surface area contributed by atoms with Crippen molar-refractivity contribution in [1.82, 2.24) is 4.57 Å². The molecule has 328 valence electrons. The summed E-state index contributed by atoms with van der Waals surface area (Å²) in [6, 6.07) is 77.9. The highest BCUT2D eigenvalue weighted by Crippen LogP contribution is 2.61. The highest BCUT2D eigenvalue weighted by molar-refractivity contribution is 14.1. The summed E-state index contributed by atoms with van der Waals surface area (Å²) in [5.41, 5.74) is 18.6. The van der Waals surface area contributed by atoms with E-state index in [1.165, 1.54) is 33.0 Å². The van der Waals surface area contributed by atoms with Crippen molar-refractivity contribution in [3.8, 4) is 27.9 Å². The van der Waals surface area contributed by atoms with Gasteiger partial charge in [-0.2, -0.15) is 0 Å². The Morgan fingerprint density at radius 3 is 1.90 bits per heavy atom. The number of halogens is 2. The third kappa shape index (κ3) is 5.65. The van der Waals surface area contributed by atoms with Crippen LogP contribution in [0.1, 0.15) is 47.2 Å². The van der Waals surface area contributed by atoms with Gasteiger partial charge in [0.2, 0.25) is 0 Å². The standard InChI is InChI=1S/C64H42FIN2O/c1-63(2)52-20-10-6-16-46(52)47-34-32-44(36-54(47)63)67(45-33-35-49-48-17-8-12-22-56(48)68(57(49)37-45)43-14-4-3-5-15-43)58-38-55-60(62-61(58)51-19-9-13-23-59(51)69-62)50-18-7-11-21-53(50)64(55,39-24-28-41(65)29-25-39)40-26-30-42(66)31-27-40/h3-38H,1-2H3. The average molecular weight is 1000 g/mol. The first-order valence-corrected chi connectivity index (χ1v) is 24.6. The molecule has 3 nitrogen and oxygen atoms in total. The predicted octanol–water partition coefficient (Wildman–Crippen LogP) is 17.6. The minimum Gasteiger partial charge on any atom is -0.455 e. The second-order valence-corrected chi connectivity index (χ2v) is 20.3. The van der Waals surface area contributed by atoms with Gasteiger partial charge in [0, 0.05) is 47.8 Å². The smallest absolute Gasteiger partial charge is 0.145 e. The minimum atomic E-state index is -0.831. The Labute approximate surface area is 412 Å². The number of hydrogen-bond donors (Lipinski definition) is 0. The maximum absolute atomic E-state index is 15.1. The molecule has 12 aromatic rings. The summed E-state index contributed by atoms with van der Waals surface area (Å²) >= 11 is 2.39. The summed E-state index contributed by atoms with van der Waals surface area (Å²) in [6.45, 7) is 4.70. The van der Waals surface area contributed by atoms with Gasteiger partial charge < -0.3 is 13.9 Å². The molecule has 1 atom stereocenters. The summed E-state index contributed by atoms with van der Waals surface area (Å²) in [6.07, 6.45) is 0. The zero-order chi connectivity index (χ0) is 46.2. The Morgan fingerprint density at radius 2 is 1.10 bits per heavy atom. The molecular weight excluding hydrogens is 959 g/mol. The van der Waals surface area contributed by atoms with Gasteiger partial charge in [0.1, 0.15) is 17.0 Å². The fraction of sp³-hybridized carbons (Fsp3) is 0.0625. The van der Waals surface area contributed by atoms with Gasteiger partial charge in [-0.1, -0.05) is 153 Å². The van der Waals surface area contributed by atoms with Crippen LogP contribution in [0.3, 0.4) is 0 Å². The summed E-state index contributed by atoms with van der Waals surface area (Å²) in [7, 11) is 0. The van der Waals surface area contributed by atoms with Crippen molar-refractivity contribution < 1.29 is 8.81 Å². The van der Waals surface area contributed by atoms with Crippen molar-refractivity contribution in [3.63, 3.8) is 0 Å². The highest BCUT2D eigenvalue weighted by atomic mass is 127. The molecule has 2 aliphatic rings. The van der Waals surface area contributed by atoms with E-state index in [1.54, 1.807) is 12.1 Å². The summed E-state index contributed by atoms with van der Waals surface area (Å²) in [4.78, 5) is 2.47. The Morgan fingerprint density at radius 1 is 0.493 bits per heavy atom. The van der Waals surface area contributed by atoms with Gasteiger partial charge in [-0.25, -0.2) is 4.39 Å². The van der Waals surface area contributed by atoms with Crippen molar-refractivity contribution in [2.45, 2.75) is 24.7 Å². The van der Waals surface area contributed by atoms with Crippen LogP contribution in [0.15, 0.2) is 223 Å². The van der Waals surface area contributed by atoms with Gasteiger partial charge in [0.05, 0.1) is 27.5 Å². The molecule has 0 N–H and O–H groups in total. The van der Waals surface area contributed by atoms with E-state index in [9.17, 15) is 0 Å². The van der Waals surface area contributed by atoms with Gasteiger partial charge in [0.25, 0.3) is 0 Å². The summed E-state index contributed by atoms with van der Waals surface area (Å²) < 4.78 is 25.9. The number of nitrogens with zero attached hydrogens (tertiary/aromatic N) is 2. The number of hydrogen-bond acceptors (Lipinski definition) is 2. The first-order chi connectivity index (χ1) is 33.8. The summed E-state index contributed by atoms with van der Waals surface area (Å²) in [5.74, 6) is -0.271. The third-order valence-corrected chi connectivity index (χ3v) is 15.9. The lowest BCUT2D eigenvalue weighted by Crippen LogP contribution is -2.29. The number of benzene rings is 10. The lowest BCUT2D eigenvalue weighted by Gasteiger charge is -2.35. The normalized spacial score (nSPS) is 15.4. The van der Waals surface area contributed by atoms with Gasteiger partial charge in [-0.3, -0.25) is 0 Å². The lowest BCUT2D eigenvalue weighted by atomic mass is 9.67. The van der Waals surface area contributed by atoms with Crippen molar-refractivity contribution >= 4 is 83.4 Å². The quantitative estimate of drug-likeness (QED) is 0.155. The molecule has 2 aliphatic carbocycles. The maximum atomic E-state index is 15.1. The van der Waals surface area contributed by atoms with Crippen LogP contribution in [0.4, 0.5) is 21.5 Å². The number of rotatable bonds is 6. The molecule has 10 aromatic carbocycles. The molecule has 1 unspecified atom stereocenters. The topological polar surface area (TPSA) is 21.3 Å². The number of fused-ring (bicyclic) bond motifs is 13. The van der Waals surface area contributed by atoms with E-state index in [4.69, 9.17) is 4.42 Å². The molecule has 2 heterocycles. The molecule has 2 aromatic heterocycles. The van der Waals surface area contributed by atoms with Crippen LogP contribution >= 0.6 is 22.6 Å². The fourth-order valence-electron chi connectivity index (χ4n) is 12.2. The Hall–Kier alpha value is -7.74. The van der Waals surface area contributed by atoms with Crippen LogP contribution in [0.5, 0.6) is 0 Å². The first kappa shape index (κ1) is 40.3. The Kier molecular flexibility index (Phi) is 8.70. The van der Waals surface area contributed by atoms with Gasteiger partial charge in [-0.15, -0.1) is 0 Å². The van der Waals surface area contributed by atoms with E-state index >= 15 is 4.39 Å². The van der Waals surface area contributed by atoms with Crippen LogP contribution in [0.2, 0.25) is 0 Å². The zero-order valence-corrected chi connectivity index (χ0v) is 40.0. The molecule has 0 aliphatic heterocycles. The van der Waals surface area contributed by atoms with Gasteiger partial charge in [0.15, 0.2) is 0 Å². The van der Waals surface area contributed by atoms with Crippen molar-refractivity contribution in [3.05, 3.63) is 261 Å². The molecule has 0 radical (unpaired) electrons. The number of para-hydroxylation sites is 3. The fourth-order valence-corrected chi connectivity index (χ4v) is 12.6. The monoisotopic (exact) mass is 1000 g/mol. The molecular formula is C64H42FIN2O. The highest BCUT2D eigenvalue weighted by Gasteiger charge is 2.48. The average Bonchev–Trinajstić information content (AvgIpc) is 4.09. The number of furan rings is 1. The SMILES string of the molecule is CC1(C)c2ccccc2-c2ccc(N(c3ccc4c5ccccc5n(-c5ccccc5)c4c3)c3cc4c(c5oc6ccccc6c35)-c3ccccc3C4(c3ccc(F)cc3)c3ccc(I)cc3)cc21. The molecule has 0 bridgehead atoms. The summed E-state index contributed by atoms with van der Waals surface area (Å²) in [5, 5.41) is 4.45. The van der Waals surface area contributed by atoms with Crippen LogP contribution in [0, 0.1) is 9.39 Å². The van der Waals surface area contributed by atoms with E-state index in [2.05, 4.69) is 240 Å². The number of aromatic nitrogens is 1. The maximum Gasteiger partial charge on any atom is 0.145 e. The second kappa shape index (κ2) is 14.9. The van der Waals surface area contributed by atoms with Crippen molar-refractivity contribution in [2.75, 3.05) is 4.90 Å². The van der Waals surface area contributed by atoms with Crippen LogP contribution in [0.25, 0.3) is 71.7 Å². The Bertz CT molecular complexity index is 4030. The molecule has 0 amide bonds. The third-order valence-electron chi connectivity index (χ3n) is 15.2. The first-order valence-electron chi connectivity index (χ1n) is 23.5. The molecule has 0 saturated heterocycles. The molecule has 0 spiro atoms. The van der Waals surface area contributed by atoms with E-state index < -0.39 is 5.41 Å². The van der Waals surface area contributed by atoms with Crippen LogP contribution in [-0.4, -0.2) is 4.57 Å². The van der Waals surface area contributed by atoms with Crippen LogP contribution < -0.4 is 4.90 Å². The Balaban J connectivity index is 1.14. The molecule has 5 heteroatoms. The molecule has 0 saturated carbocycles. The predicted molar refractivity (Wildman–Crippen MR) is 290 cm³/mol. The molecule has 0 fully saturated rings. The van der Waals surface area contributed by atoms with Crippen LogP contribution in [-0.2, 0) is 10.8 Å². The van der Waals surface area contributed by atoms with Gasteiger partial charge in [-0.05, 0) is 152 Å². The largest absolute Gasteiger partial charge is 0.455 e. The van der Waals surface area contributed by atoms with E-state index in [1.807, 2.05) is 12.1 Å². The van der Waals surface area contributed by atoms with E-state index in [0.29, 0.717) is 0 Å². The molecule has 14 rings (SSSR count). The van der Waals surface area contributed by atoms with Crippen molar-refractivity contribution in [1.29, 1.82) is 0 Å². The molecule has 69 heavy (non-hydrogen) atoms.